The van der Waals surface area contributed by atoms with Gasteiger partial charge in [0.1, 0.15) is 5.75 Å². The number of halogens is 2. The highest BCUT2D eigenvalue weighted by Gasteiger charge is 2.07. The van der Waals surface area contributed by atoms with Crippen molar-refractivity contribution in [2.75, 3.05) is 19.8 Å². The summed E-state index contributed by atoms with van der Waals surface area (Å²) in [6, 6.07) is 11.8. The van der Waals surface area contributed by atoms with Crippen molar-refractivity contribution >= 4 is 12.0 Å². The summed E-state index contributed by atoms with van der Waals surface area (Å²) in [5.41, 5.74) is 1.73. The molecule has 156 valence electrons. The number of ether oxygens (including phenoxy) is 3. The maximum atomic E-state index is 12.1. The normalized spacial score (nSPS) is 10.9. The van der Waals surface area contributed by atoms with Gasteiger partial charge in [0.15, 0.2) is 11.5 Å². The lowest BCUT2D eigenvalue weighted by Gasteiger charge is -2.12. The molecule has 0 unspecified atom stereocenters. The lowest BCUT2D eigenvalue weighted by atomic mass is 10.1. The van der Waals surface area contributed by atoms with Crippen molar-refractivity contribution in [3.63, 3.8) is 0 Å². The molecule has 1 N–H and O–H groups in total. The Labute approximate surface area is 169 Å². The lowest BCUT2D eigenvalue weighted by molar-refractivity contribution is -0.116. The van der Waals surface area contributed by atoms with Gasteiger partial charge in [-0.25, -0.2) is 0 Å². The zero-order valence-corrected chi connectivity index (χ0v) is 16.5. The standard InChI is InChI=1S/C22H25F2NO4/c1-3-27-19-11-7-17(15-20(19)28-4-2)13-14-25-21(26)12-8-16-5-9-18(10-6-16)29-22(23)24/h5-12,15,22H,3-4,13-14H2,1-2H3,(H,25,26)/b12-8+. The van der Waals surface area contributed by atoms with Crippen molar-refractivity contribution in [1.29, 1.82) is 0 Å². The predicted octanol–water partition coefficient (Wildman–Crippen LogP) is 4.46. The van der Waals surface area contributed by atoms with Crippen LogP contribution in [-0.4, -0.2) is 32.3 Å². The van der Waals surface area contributed by atoms with Crippen LogP contribution in [0.25, 0.3) is 6.08 Å². The Morgan fingerprint density at radius 3 is 2.38 bits per heavy atom. The van der Waals surface area contributed by atoms with Crippen molar-refractivity contribution in [3.8, 4) is 17.2 Å². The first-order valence-electron chi connectivity index (χ1n) is 9.41. The Kier molecular flexibility index (Phi) is 8.95. The van der Waals surface area contributed by atoms with Crippen molar-refractivity contribution in [2.45, 2.75) is 26.9 Å². The molecule has 0 spiro atoms. The van der Waals surface area contributed by atoms with Crippen LogP contribution >= 0.6 is 0 Å². The van der Waals surface area contributed by atoms with Crippen LogP contribution in [0, 0.1) is 0 Å². The first kappa shape index (κ1) is 22.2. The van der Waals surface area contributed by atoms with E-state index in [1.54, 1.807) is 18.2 Å². The molecular weight excluding hydrogens is 380 g/mol. The molecule has 0 radical (unpaired) electrons. The fraction of sp³-hybridized carbons (Fsp3) is 0.318. The highest BCUT2D eigenvalue weighted by atomic mass is 19.3. The smallest absolute Gasteiger partial charge is 0.387 e. The summed E-state index contributed by atoms with van der Waals surface area (Å²) < 4.78 is 39.7. The Hall–Kier alpha value is -3.09. The van der Waals surface area contributed by atoms with Gasteiger partial charge in [-0.1, -0.05) is 18.2 Å². The van der Waals surface area contributed by atoms with Crippen LogP contribution in [0.1, 0.15) is 25.0 Å². The van der Waals surface area contributed by atoms with Gasteiger partial charge in [0, 0.05) is 12.6 Å². The molecule has 0 saturated heterocycles. The van der Waals surface area contributed by atoms with Gasteiger partial charge < -0.3 is 19.5 Å². The summed E-state index contributed by atoms with van der Waals surface area (Å²) >= 11 is 0. The van der Waals surface area contributed by atoms with Gasteiger partial charge >= 0.3 is 6.61 Å². The first-order valence-corrected chi connectivity index (χ1v) is 9.41. The van der Waals surface area contributed by atoms with E-state index in [1.807, 2.05) is 32.0 Å². The third-order valence-electron chi connectivity index (χ3n) is 3.85. The van der Waals surface area contributed by atoms with Gasteiger partial charge in [0.05, 0.1) is 13.2 Å². The Balaban J connectivity index is 1.83. The highest BCUT2D eigenvalue weighted by Crippen LogP contribution is 2.28. The molecule has 0 aliphatic carbocycles. The largest absolute Gasteiger partial charge is 0.490 e. The van der Waals surface area contributed by atoms with Crippen molar-refractivity contribution in [1.82, 2.24) is 5.32 Å². The molecule has 2 rings (SSSR count). The topological polar surface area (TPSA) is 56.8 Å². The van der Waals surface area contributed by atoms with E-state index in [4.69, 9.17) is 9.47 Å². The van der Waals surface area contributed by atoms with Crippen LogP contribution < -0.4 is 19.5 Å². The first-order chi connectivity index (χ1) is 14.0. The van der Waals surface area contributed by atoms with E-state index in [2.05, 4.69) is 10.1 Å². The maximum Gasteiger partial charge on any atom is 0.387 e. The Morgan fingerprint density at radius 1 is 1.03 bits per heavy atom. The fourth-order valence-electron chi connectivity index (χ4n) is 2.57. The quantitative estimate of drug-likeness (QED) is 0.561. The molecule has 0 aliphatic heterocycles. The second-order valence-corrected chi connectivity index (χ2v) is 5.97. The SMILES string of the molecule is CCOc1ccc(CCNC(=O)/C=C/c2ccc(OC(F)F)cc2)cc1OCC. The molecule has 0 bridgehead atoms. The number of nitrogens with one attached hydrogen (secondary N) is 1. The summed E-state index contributed by atoms with van der Waals surface area (Å²) in [5, 5.41) is 2.81. The van der Waals surface area contributed by atoms with Crippen LogP contribution in [-0.2, 0) is 11.2 Å². The second-order valence-electron chi connectivity index (χ2n) is 5.97. The molecule has 0 aromatic heterocycles. The molecule has 0 heterocycles. The summed E-state index contributed by atoms with van der Waals surface area (Å²) in [6.45, 7) is 2.53. The number of hydrogen-bond acceptors (Lipinski definition) is 4. The molecular formula is C22H25F2NO4. The fourth-order valence-corrected chi connectivity index (χ4v) is 2.57. The number of rotatable bonds is 11. The number of carbonyl (C=O) groups excluding carboxylic acids is 1. The highest BCUT2D eigenvalue weighted by molar-refractivity contribution is 5.91. The molecule has 0 fully saturated rings. The number of carbonyl (C=O) groups is 1. The van der Waals surface area contributed by atoms with E-state index < -0.39 is 6.61 Å². The van der Waals surface area contributed by atoms with Crippen LogP contribution in [0.4, 0.5) is 8.78 Å². The van der Waals surface area contributed by atoms with Gasteiger partial charge in [0.2, 0.25) is 5.91 Å². The summed E-state index contributed by atoms with van der Waals surface area (Å²) in [7, 11) is 0. The predicted molar refractivity (Wildman–Crippen MR) is 108 cm³/mol. The summed E-state index contributed by atoms with van der Waals surface area (Å²) in [6.07, 6.45) is 3.64. The van der Waals surface area contributed by atoms with Gasteiger partial charge in [-0.05, 0) is 61.7 Å². The molecule has 0 atom stereocenters. The van der Waals surface area contributed by atoms with Crippen LogP contribution in [0.5, 0.6) is 17.2 Å². The average Bonchev–Trinajstić information content (AvgIpc) is 2.69. The third kappa shape index (κ3) is 7.81. The van der Waals surface area contributed by atoms with E-state index in [0.29, 0.717) is 43.2 Å². The zero-order valence-electron chi connectivity index (χ0n) is 16.5. The van der Waals surface area contributed by atoms with Crippen LogP contribution in [0.3, 0.4) is 0 Å². The van der Waals surface area contributed by atoms with Crippen LogP contribution in [0.2, 0.25) is 0 Å². The second kappa shape index (κ2) is 11.7. The van der Waals surface area contributed by atoms with Gasteiger partial charge in [-0.3, -0.25) is 4.79 Å². The van der Waals surface area contributed by atoms with Gasteiger partial charge in [-0.15, -0.1) is 0 Å². The Bertz CT molecular complexity index is 807. The van der Waals surface area contributed by atoms with Crippen LogP contribution in [0.15, 0.2) is 48.5 Å². The summed E-state index contributed by atoms with van der Waals surface area (Å²) in [5.74, 6) is 1.23. The van der Waals surface area contributed by atoms with Crippen molar-refractivity contribution < 1.29 is 27.8 Å². The lowest BCUT2D eigenvalue weighted by Crippen LogP contribution is -2.23. The van der Waals surface area contributed by atoms with Crippen molar-refractivity contribution in [2.24, 2.45) is 0 Å². The molecule has 0 aliphatic rings. The minimum atomic E-state index is -2.86. The van der Waals surface area contributed by atoms with E-state index in [0.717, 1.165) is 5.56 Å². The molecule has 29 heavy (non-hydrogen) atoms. The molecule has 2 aromatic rings. The maximum absolute atomic E-state index is 12.1. The van der Waals surface area contributed by atoms with Gasteiger partial charge in [0.25, 0.3) is 0 Å². The molecule has 1 amide bonds. The number of amides is 1. The van der Waals surface area contributed by atoms with E-state index in [1.165, 1.54) is 18.2 Å². The van der Waals surface area contributed by atoms with E-state index >= 15 is 0 Å². The zero-order chi connectivity index (χ0) is 21.1. The number of benzene rings is 2. The monoisotopic (exact) mass is 405 g/mol. The van der Waals surface area contributed by atoms with E-state index in [9.17, 15) is 13.6 Å². The third-order valence-corrected chi connectivity index (χ3v) is 3.85. The minimum Gasteiger partial charge on any atom is -0.490 e. The number of alkyl halides is 2. The Morgan fingerprint density at radius 2 is 1.72 bits per heavy atom. The number of hydrogen-bond donors (Lipinski definition) is 1. The molecule has 2 aromatic carbocycles. The average molecular weight is 405 g/mol. The van der Waals surface area contributed by atoms with E-state index in [-0.39, 0.29) is 11.7 Å². The molecule has 0 saturated carbocycles. The van der Waals surface area contributed by atoms with Gasteiger partial charge in [-0.2, -0.15) is 8.78 Å². The molecule has 7 heteroatoms. The summed E-state index contributed by atoms with van der Waals surface area (Å²) in [4.78, 5) is 12.0. The van der Waals surface area contributed by atoms with Crippen molar-refractivity contribution in [3.05, 3.63) is 59.7 Å². The minimum absolute atomic E-state index is 0.0726. The molecule has 5 nitrogen and oxygen atoms in total.